The summed E-state index contributed by atoms with van der Waals surface area (Å²) in [6.45, 7) is 0.413. The number of nitrogens with one attached hydrogen (secondary N) is 2. The van der Waals surface area contributed by atoms with Crippen molar-refractivity contribution in [3.63, 3.8) is 0 Å². The summed E-state index contributed by atoms with van der Waals surface area (Å²) in [5.74, 6) is 0. The second kappa shape index (κ2) is 10.2. The van der Waals surface area contributed by atoms with Crippen LogP contribution in [0.15, 0.2) is 65.7 Å². The fourth-order valence-corrected chi connectivity index (χ4v) is 5.34. The molecule has 0 saturated carbocycles. The smallest absolute Gasteiger partial charge is 0.353 e. The van der Waals surface area contributed by atoms with E-state index >= 15 is 0 Å². The maximum atomic E-state index is 13.4. The molecule has 2 aromatic heterocycles. The zero-order chi connectivity index (χ0) is 24.7. The van der Waals surface area contributed by atoms with Crippen LogP contribution in [0.4, 0.5) is 24.5 Å². The van der Waals surface area contributed by atoms with E-state index in [1.165, 1.54) is 18.3 Å². The van der Waals surface area contributed by atoms with Gasteiger partial charge >= 0.3 is 6.18 Å². The van der Waals surface area contributed by atoms with E-state index in [1.54, 1.807) is 37.4 Å². The Morgan fingerprint density at radius 1 is 1.06 bits per heavy atom. The summed E-state index contributed by atoms with van der Waals surface area (Å²) >= 11 is 12.0. The molecule has 0 aliphatic carbocycles. The number of aromatic nitrogens is 2. The van der Waals surface area contributed by atoms with Gasteiger partial charge in [0, 0.05) is 28.8 Å². The molecular weight excluding hydrogens is 548 g/mol. The van der Waals surface area contributed by atoms with Gasteiger partial charge in [0.2, 0.25) is 0 Å². The summed E-state index contributed by atoms with van der Waals surface area (Å²) in [7, 11) is -2.25. The molecule has 0 amide bonds. The zero-order valence-corrected chi connectivity index (χ0v) is 21.0. The Labute approximate surface area is 215 Å². The molecule has 0 atom stereocenters. The first-order chi connectivity index (χ1) is 16.0. The van der Waals surface area contributed by atoms with Crippen molar-refractivity contribution in [2.45, 2.75) is 17.6 Å². The number of alkyl halides is 3. The molecule has 2 N–H and O–H groups in total. The van der Waals surface area contributed by atoms with Crippen LogP contribution in [0.5, 0.6) is 0 Å². The Hall–Kier alpha value is -2.50. The van der Waals surface area contributed by atoms with E-state index < -0.39 is 21.9 Å². The predicted molar refractivity (Wildman–Crippen MR) is 134 cm³/mol. The molecular formula is C22H18Cl3F3N4O2S. The molecule has 4 aromatic rings. The number of pyridine rings is 1. The van der Waals surface area contributed by atoms with Gasteiger partial charge in [0.15, 0.2) is 5.15 Å². The molecule has 0 bridgehead atoms. The third kappa shape index (κ3) is 5.52. The van der Waals surface area contributed by atoms with Gasteiger partial charge in [0.25, 0.3) is 10.0 Å². The fraction of sp³-hybridized carbons (Fsp3) is 0.136. The van der Waals surface area contributed by atoms with Crippen molar-refractivity contribution < 1.29 is 21.6 Å². The van der Waals surface area contributed by atoms with Crippen molar-refractivity contribution in [1.29, 1.82) is 0 Å². The fourth-order valence-electron chi connectivity index (χ4n) is 3.46. The normalized spacial score (nSPS) is 11.9. The number of halogens is 6. The lowest BCUT2D eigenvalue weighted by atomic mass is 10.1. The van der Waals surface area contributed by atoms with Crippen LogP contribution < -0.4 is 10.6 Å². The molecule has 6 nitrogen and oxygen atoms in total. The molecule has 0 aliphatic heterocycles. The van der Waals surface area contributed by atoms with E-state index in [0.717, 1.165) is 21.7 Å². The molecule has 0 saturated heterocycles. The van der Waals surface area contributed by atoms with Crippen LogP contribution in [-0.4, -0.2) is 24.4 Å². The minimum Gasteiger partial charge on any atom is -0.353 e. The van der Waals surface area contributed by atoms with Gasteiger partial charge in [0.1, 0.15) is 5.69 Å². The highest BCUT2D eigenvalue weighted by atomic mass is 35.5. The third-order valence-electron chi connectivity index (χ3n) is 4.99. The molecule has 0 fully saturated rings. The number of hydrogen-bond acceptors (Lipinski definition) is 5. The highest BCUT2D eigenvalue weighted by molar-refractivity contribution is 7.90. The molecule has 0 unspecified atom stereocenters. The van der Waals surface area contributed by atoms with E-state index in [2.05, 4.69) is 15.6 Å². The Bertz CT molecular complexity index is 1490. The van der Waals surface area contributed by atoms with Gasteiger partial charge in [-0.2, -0.15) is 13.2 Å². The molecule has 4 rings (SSSR count). The van der Waals surface area contributed by atoms with Gasteiger partial charge in [0.05, 0.1) is 16.1 Å². The Morgan fingerprint density at radius 3 is 2.43 bits per heavy atom. The number of benzene rings is 2. The van der Waals surface area contributed by atoms with Crippen LogP contribution in [0.3, 0.4) is 0 Å². The van der Waals surface area contributed by atoms with Crippen molar-refractivity contribution in [2.75, 3.05) is 12.4 Å². The van der Waals surface area contributed by atoms with Gasteiger partial charge in [-0.25, -0.2) is 17.4 Å². The van der Waals surface area contributed by atoms with Crippen LogP contribution in [0.25, 0.3) is 10.9 Å². The Balaban J connectivity index is 0.00000342. The number of nitrogens with zero attached hydrogens (tertiary/aromatic N) is 2. The van der Waals surface area contributed by atoms with E-state index in [0.29, 0.717) is 23.1 Å². The van der Waals surface area contributed by atoms with Crippen molar-refractivity contribution in [3.05, 3.63) is 82.2 Å². The maximum absolute atomic E-state index is 13.4. The molecule has 0 spiro atoms. The first-order valence-electron chi connectivity index (χ1n) is 9.81. The number of anilines is 2. The van der Waals surface area contributed by atoms with Gasteiger partial charge < -0.3 is 10.6 Å². The van der Waals surface area contributed by atoms with Crippen LogP contribution in [-0.2, 0) is 22.7 Å². The maximum Gasteiger partial charge on any atom is 0.433 e. The lowest BCUT2D eigenvalue weighted by Gasteiger charge is -2.12. The SMILES string of the molecule is CNCc1cn(S(=O)(=O)c2cccc(Cl)c2)c2cc(Nc3ccc(C(F)(F)F)nc3Cl)ccc12.Cl. The highest BCUT2D eigenvalue weighted by Crippen LogP contribution is 2.34. The highest BCUT2D eigenvalue weighted by Gasteiger charge is 2.33. The summed E-state index contributed by atoms with van der Waals surface area (Å²) in [6, 6.07) is 12.9. The first kappa shape index (κ1) is 27.1. The van der Waals surface area contributed by atoms with Crippen molar-refractivity contribution in [2.24, 2.45) is 0 Å². The summed E-state index contributed by atoms with van der Waals surface area (Å²) in [5.41, 5.74) is 0.541. The molecule has 35 heavy (non-hydrogen) atoms. The number of rotatable bonds is 6. The summed E-state index contributed by atoms with van der Waals surface area (Å²) in [4.78, 5) is 3.41. The Kier molecular flexibility index (Phi) is 7.93. The largest absolute Gasteiger partial charge is 0.433 e. The van der Waals surface area contributed by atoms with E-state index in [-0.39, 0.29) is 33.2 Å². The third-order valence-corrected chi connectivity index (χ3v) is 7.19. The van der Waals surface area contributed by atoms with Gasteiger partial charge in [-0.05, 0) is 55.1 Å². The van der Waals surface area contributed by atoms with Crippen LogP contribution in [0.2, 0.25) is 10.2 Å². The first-order valence-corrected chi connectivity index (χ1v) is 12.0. The predicted octanol–water partition coefficient (Wildman–Crippen LogP) is 6.48. The van der Waals surface area contributed by atoms with Gasteiger partial charge in [-0.15, -0.1) is 12.4 Å². The van der Waals surface area contributed by atoms with Gasteiger partial charge in [-0.3, -0.25) is 0 Å². The zero-order valence-electron chi connectivity index (χ0n) is 17.9. The summed E-state index contributed by atoms with van der Waals surface area (Å²) in [5, 5.41) is 6.50. The van der Waals surface area contributed by atoms with Crippen molar-refractivity contribution in [3.8, 4) is 0 Å². The van der Waals surface area contributed by atoms with Crippen molar-refractivity contribution >= 4 is 67.9 Å². The topological polar surface area (TPSA) is 76.0 Å². The van der Waals surface area contributed by atoms with E-state index in [4.69, 9.17) is 23.2 Å². The lowest BCUT2D eigenvalue weighted by molar-refractivity contribution is -0.141. The van der Waals surface area contributed by atoms with Crippen LogP contribution in [0, 0.1) is 0 Å². The van der Waals surface area contributed by atoms with E-state index in [9.17, 15) is 21.6 Å². The standard InChI is InChI=1S/C22H17Cl2F3N4O2S.ClH/c1-28-11-13-12-31(34(32,33)16-4-2-3-14(23)9-16)19-10-15(5-6-17(13)19)29-18-7-8-20(22(25,26)27)30-21(18)24;/h2-10,12,28-29H,11H2,1H3;1H. The molecule has 2 heterocycles. The van der Waals surface area contributed by atoms with Crippen LogP contribution in [0.1, 0.15) is 11.3 Å². The summed E-state index contributed by atoms with van der Waals surface area (Å²) in [6.07, 6.45) is -3.10. The molecule has 2 aromatic carbocycles. The van der Waals surface area contributed by atoms with Crippen molar-refractivity contribution in [1.82, 2.24) is 14.3 Å². The number of hydrogen-bond donors (Lipinski definition) is 2. The molecule has 13 heteroatoms. The second-order valence-electron chi connectivity index (χ2n) is 7.33. The monoisotopic (exact) mass is 564 g/mol. The Morgan fingerprint density at radius 2 is 1.80 bits per heavy atom. The average Bonchev–Trinajstić information content (AvgIpc) is 3.13. The van der Waals surface area contributed by atoms with Gasteiger partial charge in [-0.1, -0.05) is 35.3 Å². The second-order valence-corrected chi connectivity index (χ2v) is 9.94. The average molecular weight is 566 g/mol. The lowest BCUT2D eigenvalue weighted by Crippen LogP contribution is -2.12. The molecule has 0 aliphatic rings. The number of fused-ring (bicyclic) bond motifs is 1. The molecule has 0 radical (unpaired) electrons. The van der Waals surface area contributed by atoms with Crippen LogP contribution >= 0.6 is 35.6 Å². The summed E-state index contributed by atoms with van der Waals surface area (Å²) < 4.78 is 66.6. The quantitative estimate of drug-likeness (QED) is 0.262. The minimum atomic E-state index is -4.62. The molecule has 186 valence electrons. The van der Waals surface area contributed by atoms with E-state index in [1.807, 2.05) is 0 Å². The minimum absolute atomic E-state index is 0.